The Labute approximate surface area is 46.8 Å². The van der Waals surface area contributed by atoms with Crippen molar-refractivity contribution in [1.82, 2.24) is 0 Å². The molecule has 1 N–H and O–H groups in total. The highest BCUT2D eigenvalue weighted by Crippen LogP contribution is 2.14. The van der Waals surface area contributed by atoms with Crippen molar-refractivity contribution in [2.24, 2.45) is 0 Å². The van der Waals surface area contributed by atoms with E-state index in [1.54, 1.807) is 0 Å². The van der Waals surface area contributed by atoms with Gasteiger partial charge in [-0.25, -0.2) is 0 Å². The molecule has 0 rings (SSSR count). The molecule has 3 nitrogen and oxygen atoms in total. The first-order valence-electron chi connectivity index (χ1n) is 1.56. The first-order chi connectivity index (χ1) is 3.18. The van der Waals surface area contributed by atoms with E-state index in [0.717, 1.165) is 0 Å². The lowest BCUT2D eigenvalue weighted by Gasteiger charge is -1.90. The fourth-order valence-corrected chi connectivity index (χ4v) is 0.507. The maximum atomic E-state index is 9.63. The third kappa shape index (κ3) is 2.94. The van der Waals surface area contributed by atoms with Crippen LogP contribution in [0.3, 0.4) is 0 Å². The minimum Gasteiger partial charge on any atom is -0.593 e. The third-order valence-electron chi connectivity index (χ3n) is 0.381. The summed E-state index contributed by atoms with van der Waals surface area (Å²) >= 11 is 4.91. The Kier molecular flexibility index (Phi) is 3.48. The normalized spacial score (nSPS) is 16.1. The second kappa shape index (κ2) is 3.33. The Hall–Kier alpha value is 0.310. The second-order valence-corrected chi connectivity index (χ2v) is 2.40. The Morgan fingerprint density at radius 3 is 2.43 bits per heavy atom. The first kappa shape index (κ1) is 7.31. The summed E-state index contributed by atoms with van der Waals surface area (Å²) < 4.78 is 9.63. The lowest BCUT2D eigenvalue weighted by atomic mass is 10.9. The topological polar surface area (TPSA) is 60.4 Å². The molecule has 7 heavy (non-hydrogen) atoms. The molecule has 0 saturated carbocycles. The average molecular weight is 142 g/mol. The number of aliphatic hydroxyl groups excluding tert-OH is 1. The summed E-state index contributed by atoms with van der Waals surface area (Å²) in [6.07, 6.45) is 0. The number of aliphatic hydroxyl groups is 1. The van der Waals surface area contributed by atoms with Crippen LogP contribution in [0.25, 0.3) is 0 Å². The molecule has 0 radical (unpaired) electrons. The van der Waals surface area contributed by atoms with E-state index in [0.29, 0.717) is 0 Å². The summed E-state index contributed by atoms with van der Waals surface area (Å²) in [6, 6.07) is 0. The van der Waals surface area contributed by atoms with E-state index in [-0.39, 0.29) is 5.88 Å². The molecule has 0 saturated heterocycles. The molecular formula is C2H4ClO3P. The van der Waals surface area contributed by atoms with Crippen molar-refractivity contribution in [3.8, 4) is 0 Å². The van der Waals surface area contributed by atoms with Crippen molar-refractivity contribution in [3.63, 3.8) is 0 Å². The Bertz CT molecular complexity index is 75.3. The Morgan fingerprint density at radius 1 is 2.00 bits per heavy atom. The van der Waals surface area contributed by atoms with E-state index in [2.05, 4.69) is 0 Å². The van der Waals surface area contributed by atoms with Gasteiger partial charge in [-0.2, -0.15) is 0 Å². The van der Waals surface area contributed by atoms with Crippen LogP contribution in [0.1, 0.15) is 0 Å². The Morgan fingerprint density at radius 2 is 2.43 bits per heavy atom. The van der Waals surface area contributed by atoms with Crippen LogP contribution in [0.4, 0.5) is 0 Å². The van der Waals surface area contributed by atoms with Gasteiger partial charge in [0.25, 0.3) is 5.85 Å². The van der Waals surface area contributed by atoms with Gasteiger partial charge in [-0.3, -0.25) is 0 Å². The zero-order chi connectivity index (χ0) is 5.86. The maximum absolute atomic E-state index is 9.63. The van der Waals surface area contributed by atoms with Crippen LogP contribution in [-0.2, 0) is 4.57 Å². The molecule has 0 spiro atoms. The summed E-state index contributed by atoms with van der Waals surface area (Å²) in [5.74, 6) is -1.63. The number of alkyl halides is 1. The first-order valence-corrected chi connectivity index (χ1v) is 3.34. The third-order valence-corrected chi connectivity index (χ3v) is 1.56. The minimum atomic E-state index is -2.74. The van der Waals surface area contributed by atoms with E-state index in [1.165, 1.54) is 0 Å². The number of hydrogen-bond donors (Lipinski definition) is 1. The molecule has 42 valence electrons. The minimum absolute atomic E-state index is 0.251. The molecule has 0 bridgehead atoms. The molecule has 5 heteroatoms. The van der Waals surface area contributed by atoms with E-state index < -0.39 is 13.9 Å². The number of rotatable bonds is 2. The molecule has 0 aromatic rings. The standard InChI is InChI=1S/C2H4ClO3P/c3-1-2(4)7(5)6/h2,4H,1H2. The summed E-state index contributed by atoms with van der Waals surface area (Å²) in [5, 5.41) is 8.21. The van der Waals surface area contributed by atoms with Gasteiger partial charge in [0.1, 0.15) is 0 Å². The molecule has 0 heterocycles. The van der Waals surface area contributed by atoms with Crippen LogP contribution in [0, 0.1) is 0 Å². The maximum Gasteiger partial charge on any atom is 0.342 e. The van der Waals surface area contributed by atoms with Crippen molar-refractivity contribution < 1.29 is 14.6 Å². The fraction of sp³-hybridized carbons (Fsp3) is 1.00. The quantitative estimate of drug-likeness (QED) is 0.423. The van der Waals surface area contributed by atoms with Crippen molar-refractivity contribution >= 4 is 19.6 Å². The second-order valence-electron chi connectivity index (χ2n) is 0.920. The fourth-order valence-electron chi connectivity index (χ4n) is 0.0563. The monoisotopic (exact) mass is 142 g/mol. The smallest absolute Gasteiger partial charge is 0.342 e. The van der Waals surface area contributed by atoms with Gasteiger partial charge < -0.3 is 10.00 Å². The van der Waals surface area contributed by atoms with Crippen LogP contribution in [0.5, 0.6) is 0 Å². The van der Waals surface area contributed by atoms with E-state index in [9.17, 15) is 9.46 Å². The van der Waals surface area contributed by atoms with Crippen molar-refractivity contribution in [3.05, 3.63) is 0 Å². The number of halogens is 1. The highest BCUT2D eigenvalue weighted by molar-refractivity contribution is 7.37. The number of hydrogen-bond acceptors (Lipinski definition) is 3. The summed E-state index contributed by atoms with van der Waals surface area (Å²) in [7, 11) is -2.74. The molecule has 0 aliphatic carbocycles. The molecule has 0 aromatic heterocycles. The van der Waals surface area contributed by atoms with E-state index >= 15 is 0 Å². The predicted octanol–water partition coefficient (Wildman–Crippen LogP) is -0.354. The van der Waals surface area contributed by atoms with E-state index in [1.807, 2.05) is 0 Å². The molecule has 2 atom stereocenters. The average Bonchev–Trinajstić information content (AvgIpc) is 1.65. The lowest BCUT2D eigenvalue weighted by Crippen LogP contribution is -2.07. The molecule has 0 fully saturated rings. The molecule has 0 aliphatic heterocycles. The zero-order valence-electron chi connectivity index (χ0n) is 3.37. The largest absolute Gasteiger partial charge is 0.593 e. The van der Waals surface area contributed by atoms with Crippen molar-refractivity contribution in [2.75, 3.05) is 5.88 Å². The van der Waals surface area contributed by atoms with Gasteiger partial charge in [0.15, 0.2) is 0 Å². The van der Waals surface area contributed by atoms with Gasteiger partial charge in [-0.1, -0.05) is 4.57 Å². The lowest BCUT2D eigenvalue weighted by molar-refractivity contribution is -0.171. The van der Waals surface area contributed by atoms with Crippen LogP contribution in [-0.4, -0.2) is 16.8 Å². The Balaban J connectivity index is 3.34. The predicted molar refractivity (Wildman–Crippen MR) is 24.3 cm³/mol. The highest BCUT2D eigenvalue weighted by atomic mass is 35.5. The van der Waals surface area contributed by atoms with Crippen LogP contribution >= 0.6 is 19.6 Å². The van der Waals surface area contributed by atoms with Gasteiger partial charge in [0.05, 0.1) is 5.88 Å². The van der Waals surface area contributed by atoms with Crippen molar-refractivity contribution in [2.45, 2.75) is 5.85 Å². The zero-order valence-corrected chi connectivity index (χ0v) is 5.02. The molecule has 0 aromatic carbocycles. The summed E-state index contributed by atoms with van der Waals surface area (Å²) in [6.45, 7) is 0. The highest BCUT2D eigenvalue weighted by Gasteiger charge is 2.13. The van der Waals surface area contributed by atoms with Crippen LogP contribution in [0.15, 0.2) is 0 Å². The van der Waals surface area contributed by atoms with Gasteiger partial charge in [-0.05, 0) is 0 Å². The molecule has 0 amide bonds. The van der Waals surface area contributed by atoms with Gasteiger partial charge in [-0.15, -0.1) is 11.6 Å². The summed E-state index contributed by atoms with van der Waals surface area (Å²) in [5.41, 5.74) is 0. The SMILES string of the molecule is O=[P+]([O-])C(O)CCl. The summed E-state index contributed by atoms with van der Waals surface area (Å²) in [4.78, 5) is 9.63. The van der Waals surface area contributed by atoms with Crippen molar-refractivity contribution in [1.29, 1.82) is 0 Å². The van der Waals surface area contributed by atoms with Gasteiger partial charge in [0.2, 0.25) is 0 Å². The molecule has 2 unspecified atom stereocenters. The van der Waals surface area contributed by atoms with E-state index in [4.69, 9.17) is 16.7 Å². The van der Waals surface area contributed by atoms with Gasteiger partial charge >= 0.3 is 8.03 Å². The van der Waals surface area contributed by atoms with Crippen LogP contribution < -0.4 is 4.89 Å². The van der Waals surface area contributed by atoms with Gasteiger partial charge in [0, 0.05) is 0 Å². The molecule has 0 aliphatic rings. The molecular weight excluding hydrogens is 138 g/mol. The van der Waals surface area contributed by atoms with Crippen LogP contribution in [0.2, 0.25) is 0 Å².